The van der Waals surface area contributed by atoms with Crippen LogP contribution in [0.25, 0.3) is 0 Å². The second-order valence-electron chi connectivity index (χ2n) is 4.74. The van der Waals surface area contributed by atoms with Gasteiger partial charge in [0.1, 0.15) is 0 Å². The summed E-state index contributed by atoms with van der Waals surface area (Å²) in [4.78, 5) is 0. The SMILES string of the molecule is Cc1cccc([C@@H](C)CNS(=O)(=O)CCCC#N)c1. The molecule has 5 heteroatoms. The molecule has 104 valence electrons. The number of nitriles is 1. The quantitative estimate of drug-likeness (QED) is 0.779. The molecule has 0 saturated carbocycles. The van der Waals surface area contributed by atoms with Crippen molar-refractivity contribution in [3.63, 3.8) is 0 Å². The number of nitrogens with one attached hydrogen (secondary N) is 1. The van der Waals surface area contributed by atoms with Gasteiger partial charge in [-0.1, -0.05) is 36.8 Å². The number of hydrogen-bond acceptors (Lipinski definition) is 3. The fourth-order valence-corrected chi connectivity index (χ4v) is 2.93. The van der Waals surface area contributed by atoms with Crippen molar-refractivity contribution in [3.05, 3.63) is 35.4 Å². The summed E-state index contributed by atoms with van der Waals surface area (Å²) in [6, 6.07) is 10.0. The van der Waals surface area contributed by atoms with Gasteiger partial charge in [0.25, 0.3) is 0 Å². The van der Waals surface area contributed by atoms with Crippen LogP contribution in [0, 0.1) is 18.3 Å². The van der Waals surface area contributed by atoms with Gasteiger partial charge in [0.2, 0.25) is 10.0 Å². The van der Waals surface area contributed by atoms with E-state index in [0.717, 1.165) is 5.56 Å². The average molecular weight is 280 g/mol. The molecular weight excluding hydrogens is 260 g/mol. The molecule has 0 fully saturated rings. The van der Waals surface area contributed by atoms with Gasteiger partial charge >= 0.3 is 0 Å². The molecule has 4 nitrogen and oxygen atoms in total. The van der Waals surface area contributed by atoms with Crippen molar-refractivity contribution in [1.29, 1.82) is 5.26 Å². The van der Waals surface area contributed by atoms with Gasteiger partial charge in [-0.25, -0.2) is 13.1 Å². The van der Waals surface area contributed by atoms with Gasteiger partial charge in [0.15, 0.2) is 0 Å². The monoisotopic (exact) mass is 280 g/mol. The Morgan fingerprint density at radius 1 is 1.42 bits per heavy atom. The highest BCUT2D eigenvalue weighted by atomic mass is 32.2. The van der Waals surface area contributed by atoms with Crippen molar-refractivity contribution in [2.75, 3.05) is 12.3 Å². The van der Waals surface area contributed by atoms with Crippen molar-refractivity contribution >= 4 is 10.0 Å². The van der Waals surface area contributed by atoms with Gasteiger partial charge in [-0.2, -0.15) is 5.26 Å². The number of benzene rings is 1. The van der Waals surface area contributed by atoms with E-state index >= 15 is 0 Å². The highest BCUT2D eigenvalue weighted by molar-refractivity contribution is 7.89. The summed E-state index contributed by atoms with van der Waals surface area (Å²) in [5.41, 5.74) is 2.29. The maximum absolute atomic E-state index is 11.7. The van der Waals surface area contributed by atoms with Crippen molar-refractivity contribution in [1.82, 2.24) is 4.72 Å². The summed E-state index contributed by atoms with van der Waals surface area (Å²) in [6.45, 7) is 4.40. The number of aryl methyl sites for hydroxylation is 1. The molecule has 0 saturated heterocycles. The summed E-state index contributed by atoms with van der Waals surface area (Å²) in [5.74, 6) is 0.145. The lowest BCUT2D eigenvalue weighted by atomic mass is 10.00. The number of rotatable bonds is 7. The van der Waals surface area contributed by atoms with Crippen LogP contribution in [0.5, 0.6) is 0 Å². The van der Waals surface area contributed by atoms with E-state index in [0.29, 0.717) is 13.0 Å². The van der Waals surface area contributed by atoms with E-state index in [1.54, 1.807) is 0 Å². The maximum atomic E-state index is 11.7. The largest absolute Gasteiger partial charge is 0.215 e. The number of sulfonamides is 1. The van der Waals surface area contributed by atoms with Crippen LogP contribution in [-0.4, -0.2) is 20.7 Å². The Hall–Kier alpha value is -1.38. The molecule has 0 aromatic heterocycles. The lowest BCUT2D eigenvalue weighted by Crippen LogP contribution is -2.29. The number of unbranched alkanes of at least 4 members (excludes halogenated alkanes) is 1. The molecule has 0 unspecified atom stereocenters. The van der Waals surface area contributed by atoms with E-state index in [1.807, 2.05) is 38.1 Å². The minimum Gasteiger partial charge on any atom is -0.215 e. The second kappa shape index (κ2) is 7.27. The van der Waals surface area contributed by atoms with Crippen molar-refractivity contribution in [2.24, 2.45) is 0 Å². The molecule has 1 aromatic rings. The first kappa shape index (κ1) is 15.7. The van der Waals surface area contributed by atoms with Gasteiger partial charge in [0, 0.05) is 13.0 Å². The predicted molar refractivity (Wildman–Crippen MR) is 76.2 cm³/mol. The van der Waals surface area contributed by atoms with Crippen molar-refractivity contribution in [2.45, 2.75) is 32.6 Å². The maximum Gasteiger partial charge on any atom is 0.211 e. The van der Waals surface area contributed by atoms with E-state index < -0.39 is 10.0 Å². The summed E-state index contributed by atoms with van der Waals surface area (Å²) in [7, 11) is -3.27. The Labute approximate surface area is 115 Å². The first-order chi connectivity index (χ1) is 8.94. The predicted octanol–water partition coefficient (Wildman–Crippen LogP) is 2.32. The Morgan fingerprint density at radius 2 is 2.16 bits per heavy atom. The topological polar surface area (TPSA) is 70.0 Å². The van der Waals surface area contributed by atoms with Crippen LogP contribution in [0.4, 0.5) is 0 Å². The van der Waals surface area contributed by atoms with E-state index in [2.05, 4.69) is 10.8 Å². The first-order valence-corrected chi connectivity index (χ1v) is 8.00. The first-order valence-electron chi connectivity index (χ1n) is 6.35. The third-order valence-corrected chi connectivity index (χ3v) is 4.35. The van der Waals surface area contributed by atoms with Crippen LogP contribution in [0.15, 0.2) is 24.3 Å². The van der Waals surface area contributed by atoms with Gasteiger partial charge in [-0.3, -0.25) is 0 Å². The number of hydrogen-bond donors (Lipinski definition) is 1. The summed E-state index contributed by atoms with van der Waals surface area (Å²) < 4.78 is 26.0. The molecule has 19 heavy (non-hydrogen) atoms. The van der Waals surface area contributed by atoms with Crippen molar-refractivity contribution < 1.29 is 8.42 Å². The minimum atomic E-state index is -3.27. The smallest absolute Gasteiger partial charge is 0.211 e. The van der Waals surface area contributed by atoms with E-state index in [9.17, 15) is 8.42 Å². The molecular formula is C14H20N2O2S. The third kappa shape index (κ3) is 5.86. The summed E-state index contributed by atoms with van der Waals surface area (Å²) >= 11 is 0. The zero-order chi connectivity index (χ0) is 14.3. The lowest BCUT2D eigenvalue weighted by molar-refractivity contribution is 0.572. The molecule has 1 rings (SSSR count). The van der Waals surface area contributed by atoms with Crippen LogP contribution in [0.3, 0.4) is 0 Å². The van der Waals surface area contributed by atoms with Crippen LogP contribution in [0.2, 0.25) is 0 Å². The normalized spacial score (nSPS) is 12.9. The highest BCUT2D eigenvalue weighted by Gasteiger charge is 2.12. The van der Waals surface area contributed by atoms with Crippen LogP contribution >= 0.6 is 0 Å². The van der Waals surface area contributed by atoms with Crippen molar-refractivity contribution in [3.8, 4) is 6.07 Å². The molecule has 0 heterocycles. The number of nitrogens with zero attached hydrogens (tertiary/aromatic N) is 1. The fraction of sp³-hybridized carbons (Fsp3) is 0.500. The fourth-order valence-electron chi connectivity index (χ4n) is 1.76. The zero-order valence-electron chi connectivity index (χ0n) is 11.4. The second-order valence-corrected chi connectivity index (χ2v) is 6.67. The molecule has 0 amide bonds. The highest BCUT2D eigenvalue weighted by Crippen LogP contribution is 2.15. The molecule has 0 aliphatic rings. The molecule has 1 N–H and O–H groups in total. The van der Waals surface area contributed by atoms with Crippen LogP contribution in [0.1, 0.15) is 36.8 Å². The average Bonchev–Trinajstić information content (AvgIpc) is 2.36. The summed E-state index contributed by atoms with van der Waals surface area (Å²) in [5, 5.41) is 8.39. The van der Waals surface area contributed by atoms with Gasteiger partial charge in [0.05, 0.1) is 11.8 Å². The molecule has 0 radical (unpaired) electrons. The Bertz CT molecular complexity index is 547. The van der Waals surface area contributed by atoms with Gasteiger partial charge in [-0.05, 0) is 24.8 Å². The van der Waals surface area contributed by atoms with Crippen LogP contribution < -0.4 is 4.72 Å². The van der Waals surface area contributed by atoms with E-state index in [4.69, 9.17) is 5.26 Å². The molecule has 0 aliphatic heterocycles. The zero-order valence-corrected chi connectivity index (χ0v) is 12.2. The molecule has 1 aromatic carbocycles. The third-order valence-electron chi connectivity index (χ3n) is 2.92. The standard InChI is InChI=1S/C14H20N2O2S/c1-12-6-5-7-14(10-12)13(2)11-16-19(17,18)9-4-3-8-15/h5-7,10,13,16H,3-4,9,11H2,1-2H3/t13-/m0/s1. The Morgan fingerprint density at radius 3 is 2.79 bits per heavy atom. The Kier molecular flexibility index (Phi) is 6.00. The van der Waals surface area contributed by atoms with E-state index in [-0.39, 0.29) is 18.1 Å². The van der Waals surface area contributed by atoms with Gasteiger partial charge < -0.3 is 0 Å². The molecule has 1 atom stereocenters. The molecule has 0 aliphatic carbocycles. The van der Waals surface area contributed by atoms with Gasteiger partial charge in [-0.15, -0.1) is 0 Å². The minimum absolute atomic E-state index is 0.0150. The lowest BCUT2D eigenvalue weighted by Gasteiger charge is -2.13. The molecule has 0 bridgehead atoms. The summed E-state index contributed by atoms with van der Waals surface area (Å²) in [6.07, 6.45) is 0.652. The molecule has 0 spiro atoms. The van der Waals surface area contributed by atoms with Crippen LogP contribution in [-0.2, 0) is 10.0 Å². The van der Waals surface area contributed by atoms with E-state index in [1.165, 1.54) is 5.56 Å². The Balaban J connectivity index is 2.50.